The Hall–Kier alpha value is -3.82. The molecule has 1 aliphatic rings. The van der Waals surface area contributed by atoms with E-state index >= 15 is 0 Å². The first kappa shape index (κ1) is 30.1. The van der Waals surface area contributed by atoms with Crippen molar-refractivity contribution in [2.45, 2.75) is 43.2 Å². The number of phenols is 2. The third kappa shape index (κ3) is 6.26. The number of carbonyl (C=O) groups excluding carboxylic acids is 2. The van der Waals surface area contributed by atoms with E-state index < -0.39 is 71.3 Å². The van der Waals surface area contributed by atoms with Crippen molar-refractivity contribution >= 4 is 34.6 Å². The standard InChI is InChI=1S/C27H29NO12S/c1-37-26(36)13(8-9-41-2)28-25(35)24-22(33)21(32)23(34)27(40-24)39-17-11-16-18(20(31)19(17)30)14(29)10-15(38-16)12-6-4-3-5-7-12/h3-7,10-11,13,21-24,27,30-34H,8-9H2,1-2H3,(H,28,35)/t13-,21-,22-,23+,24-,27+/m0/s1. The number of carbonyl (C=O) groups is 2. The minimum Gasteiger partial charge on any atom is -0.504 e. The van der Waals surface area contributed by atoms with Crippen LogP contribution < -0.4 is 15.5 Å². The number of fused-ring (bicyclic) bond motifs is 1. The fraction of sp³-hybridized carbons (Fsp3) is 0.370. The maximum absolute atomic E-state index is 13.0. The molecule has 0 unspecified atom stereocenters. The lowest BCUT2D eigenvalue weighted by Gasteiger charge is -2.39. The van der Waals surface area contributed by atoms with Gasteiger partial charge in [0.05, 0.1) is 7.11 Å². The van der Waals surface area contributed by atoms with Gasteiger partial charge in [0.2, 0.25) is 12.0 Å². The van der Waals surface area contributed by atoms with Gasteiger partial charge in [0, 0.05) is 17.7 Å². The number of phenolic OH excluding ortho intramolecular Hbond substituents is 2. The Morgan fingerprint density at radius 2 is 1.76 bits per heavy atom. The molecule has 1 aliphatic heterocycles. The van der Waals surface area contributed by atoms with E-state index in [9.17, 15) is 39.9 Å². The number of hydrogen-bond donors (Lipinski definition) is 6. The molecule has 6 atom stereocenters. The predicted octanol–water partition coefficient (Wildman–Crippen LogP) is 0.468. The second-order valence-corrected chi connectivity index (χ2v) is 10.2. The number of aromatic hydroxyl groups is 2. The van der Waals surface area contributed by atoms with Gasteiger partial charge in [-0.2, -0.15) is 11.8 Å². The number of methoxy groups -OCH3 is 1. The van der Waals surface area contributed by atoms with Crippen LogP contribution in [0.15, 0.2) is 51.7 Å². The minimum absolute atomic E-state index is 0.157. The van der Waals surface area contributed by atoms with Crippen LogP contribution >= 0.6 is 11.8 Å². The molecule has 41 heavy (non-hydrogen) atoms. The predicted molar refractivity (Wildman–Crippen MR) is 146 cm³/mol. The molecule has 6 N–H and O–H groups in total. The summed E-state index contributed by atoms with van der Waals surface area (Å²) >= 11 is 1.42. The molecule has 0 radical (unpaired) electrons. The summed E-state index contributed by atoms with van der Waals surface area (Å²) < 4.78 is 21.5. The number of nitrogens with one attached hydrogen (secondary N) is 1. The van der Waals surface area contributed by atoms with Gasteiger partial charge in [-0.05, 0) is 18.4 Å². The maximum atomic E-state index is 13.0. The van der Waals surface area contributed by atoms with Crippen LogP contribution in [0.2, 0.25) is 0 Å². The Morgan fingerprint density at radius 3 is 2.41 bits per heavy atom. The molecule has 4 rings (SSSR count). The van der Waals surface area contributed by atoms with E-state index in [1.807, 2.05) is 0 Å². The number of benzene rings is 2. The summed E-state index contributed by atoms with van der Waals surface area (Å²) in [6.45, 7) is 0. The van der Waals surface area contributed by atoms with Crippen molar-refractivity contribution in [1.29, 1.82) is 0 Å². The van der Waals surface area contributed by atoms with Crippen molar-refractivity contribution in [3.05, 3.63) is 52.7 Å². The van der Waals surface area contributed by atoms with Crippen molar-refractivity contribution in [2.75, 3.05) is 19.1 Å². The van der Waals surface area contributed by atoms with E-state index in [4.69, 9.17) is 18.6 Å². The van der Waals surface area contributed by atoms with E-state index in [1.165, 1.54) is 11.8 Å². The molecule has 3 aromatic rings. The average molecular weight is 592 g/mol. The Kier molecular flexibility index (Phi) is 9.40. The Balaban J connectivity index is 1.63. The molecule has 220 valence electrons. The Labute approximate surface area is 237 Å². The van der Waals surface area contributed by atoms with Crippen molar-refractivity contribution in [1.82, 2.24) is 5.32 Å². The molecule has 13 nitrogen and oxygen atoms in total. The molecule has 2 heterocycles. The lowest BCUT2D eigenvalue weighted by molar-refractivity contribution is -0.267. The number of aliphatic hydroxyl groups excluding tert-OH is 3. The van der Waals surface area contributed by atoms with Crippen molar-refractivity contribution in [3.8, 4) is 28.6 Å². The molecule has 2 aromatic carbocycles. The highest BCUT2D eigenvalue weighted by Crippen LogP contribution is 2.42. The summed E-state index contributed by atoms with van der Waals surface area (Å²) in [5, 5.41) is 54.6. The zero-order valence-corrected chi connectivity index (χ0v) is 22.7. The molecule has 0 aliphatic carbocycles. The molecule has 0 saturated carbocycles. The summed E-state index contributed by atoms with van der Waals surface area (Å²) in [5.74, 6) is -3.39. The monoisotopic (exact) mass is 591 g/mol. The van der Waals surface area contributed by atoms with Crippen LogP contribution in [0.3, 0.4) is 0 Å². The van der Waals surface area contributed by atoms with Gasteiger partial charge in [-0.3, -0.25) is 9.59 Å². The summed E-state index contributed by atoms with van der Waals surface area (Å²) in [7, 11) is 1.15. The summed E-state index contributed by atoms with van der Waals surface area (Å²) in [5.41, 5.74) is -0.284. The average Bonchev–Trinajstić information content (AvgIpc) is 2.97. The van der Waals surface area contributed by atoms with Crippen LogP contribution in [0.25, 0.3) is 22.3 Å². The second-order valence-electron chi connectivity index (χ2n) is 9.17. The molecule has 0 spiro atoms. The number of amides is 1. The zero-order valence-electron chi connectivity index (χ0n) is 21.9. The summed E-state index contributed by atoms with van der Waals surface area (Å²) in [4.78, 5) is 37.8. The van der Waals surface area contributed by atoms with Crippen molar-refractivity contribution < 1.29 is 53.7 Å². The van der Waals surface area contributed by atoms with Gasteiger partial charge >= 0.3 is 5.97 Å². The van der Waals surface area contributed by atoms with Crippen LogP contribution in [0, 0.1) is 0 Å². The Bertz CT molecular complexity index is 1460. The number of rotatable bonds is 9. The highest BCUT2D eigenvalue weighted by molar-refractivity contribution is 7.98. The Morgan fingerprint density at radius 1 is 1.05 bits per heavy atom. The fourth-order valence-corrected chi connectivity index (χ4v) is 4.74. The van der Waals surface area contributed by atoms with Crippen LogP contribution in [0.1, 0.15) is 6.42 Å². The van der Waals surface area contributed by atoms with E-state index in [2.05, 4.69) is 5.32 Å². The normalized spacial score (nSPS) is 23.1. The topological polar surface area (TPSA) is 205 Å². The molecule has 1 saturated heterocycles. The first-order valence-corrected chi connectivity index (χ1v) is 13.8. The SMILES string of the molecule is COC(=O)[C@H](CCSC)NC(=O)[C@H]1O[C@@H](Oc2cc3oc(-c4ccccc4)cc(=O)c3c(O)c2O)[C@H](O)[C@@H](O)[C@@H]1O. The molecule has 14 heteroatoms. The van der Waals surface area contributed by atoms with Gasteiger partial charge in [-0.25, -0.2) is 4.79 Å². The number of aliphatic hydroxyl groups is 3. The zero-order chi connectivity index (χ0) is 29.8. The number of ether oxygens (including phenoxy) is 3. The first-order chi connectivity index (χ1) is 19.6. The lowest BCUT2D eigenvalue weighted by atomic mass is 9.98. The van der Waals surface area contributed by atoms with Crippen LogP contribution in [0.5, 0.6) is 17.2 Å². The first-order valence-electron chi connectivity index (χ1n) is 12.4. The smallest absolute Gasteiger partial charge is 0.328 e. The van der Waals surface area contributed by atoms with Crippen molar-refractivity contribution in [2.24, 2.45) is 0 Å². The van der Waals surface area contributed by atoms with Gasteiger partial charge in [0.15, 0.2) is 23.0 Å². The highest BCUT2D eigenvalue weighted by Gasteiger charge is 2.48. The number of hydrogen-bond acceptors (Lipinski definition) is 13. The van der Waals surface area contributed by atoms with Gasteiger partial charge in [-0.1, -0.05) is 30.3 Å². The van der Waals surface area contributed by atoms with Crippen LogP contribution in [0.4, 0.5) is 0 Å². The van der Waals surface area contributed by atoms with Gasteiger partial charge in [0.1, 0.15) is 41.1 Å². The maximum Gasteiger partial charge on any atom is 0.328 e. The van der Waals surface area contributed by atoms with Crippen LogP contribution in [-0.4, -0.2) is 93.3 Å². The summed E-state index contributed by atoms with van der Waals surface area (Å²) in [6, 6.07) is 9.74. The van der Waals surface area contributed by atoms with E-state index in [0.29, 0.717) is 11.3 Å². The minimum atomic E-state index is -1.95. The number of thioether (sulfide) groups is 1. The van der Waals surface area contributed by atoms with Crippen molar-refractivity contribution in [3.63, 3.8) is 0 Å². The van der Waals surface area contributed by atoms with E-state index in [1.54, 1.807) is 36.6 Å². The molecule has 1 aromatic heterocycles. The van der Waals surface area contributed by atoms with E-state index in [-0.39, 0.29) is 23.2 Å². The fourth-order valence-electron chi connectivity index (χ4n) is 4.27. The third-order valence-electron chi connectivity index (χ3n) is 6.47. The largest absolute Gasteiger partial charge is 0.504 e. The molecule has 1 fully saturated rings. The molecule has 1 amide bonds. The third-order valence-corrected chi connectivity index (χ3v) is 7.12. The van der Waals surface area contributed by atoms with Gasteiger partial charge in [0.25, 0.3) is 5.91 Å². The lowest BCUT2D eigenvalue weighted by Crippen LogP contribution is -2.63. The van der Waals surface area contributed by atoms with Gasteiger partial charge < -0.3 is 49.5 Å². The van der Waals surface area contributed by atoms with E-state index in [0.717, 1.165) is 19.2 Å². The highest BCUT2D eigenvalue weighted by atomic mass is 32.2. The summed E-state index contributed by atoms with van der Waals surface area (Å²) in [6.07, 6.45) is -7.48. The molecular weight excluding hydrogens is 562 g/mol. The van der Waals surface area contributed by atoms with Gasteiger partial charge in [-0.15, -0.1) is 0 Å². The quantitative estimate of drug-likeness (QED) is 0.148. The number of esters is 1. The van der Waals surface area contributed by atoms with Crippen LogP contribution in [-0.2, 0) is 19.1 Å². The molecular formula is C27H29NO12S. The molecule has 0 bridgehead atoms. The second kappa shape index (κ2) is 12.8.